The number of halogens is 1. The Bertz CT molecular complexity index is 992. The first kappa shape index (κ1) is 17.2. The van der Waals surface area contributed by atoms with Gasteiger partial charge in [0.25, 0.3) is 5.91 Å². The summed E-state index contributed by atoms with van der Waals surface area (Å²) in [6, 6.07) is 13.4. The quantitative estimate of drug-likeness (QED) is 0.681. The average molecular weight is 384 g/mol. The first-order valence-electron chi connectivity index (χ1n) is 8.35. The Kier molecular flexibility index (Phi) is 4.51. The van der Waals surface area contributed by atoms with Gasteiger partial charge in [-0.25, -0.2) is 4.68 Å². The molecule has 6 heteroatoms. The molecule has 2 aromatic carbocycles. The van der Waals surface area contributed by atoms with Crippen LogP contribution in [-0.4, -0.2) is 15.7 Å². The van der Waals surface area contributed by atoms with Gasteiger partial charge < -0.3 is 5.32 Å². The van der Waals surface area contributed by atoms with Crippen molar-refractivity contribution in [3.05, 3.63) is 75.4 Å². The van der Waals surface area contributed by atoms with E-state index in [9.17, 15) is 4.79 Å². The molecule has 1 amide bonds. The average Bonchev–Trinajstić information content (AvgIpc) is 3.16. The van der Waals surface area contributed by atoms with E-state index in [4.69, 9.17) is 16.7 Å². The molecule has 3 aromatic rings. The molecule has 0 aliphatic carbocycles. The van der Waals surface area contributed by atoms with E-state index in [0.717, 1.165) is 45.4 Å². The van der Waals surface area contributed by atoms with Crippen molar-refractivity contribution in [1.29, 1.82) is 0 Å². The summed E-state index contributed by atoms with van der Waals surface area (Å²) in [6.07, 6.45) is 0. The number of anilines is 1. The monoisotopic (exact) mass is 383 g/mol. The summed E-state index contributed by atoms with van der Waals surface area (Å²) in [7, 11) is 0. The summed E-state index contributed by atoms with van der Waals surface area (Å²) < 4.78 is 1.79. The lowest BCUT2D eigenvalue weighted by molar-refractivity contribution is 0.102. The van der Waals surface area contributed by atoms with Crippen LogP contribution < -0.4 is 5.32 Å². The van der Waals surface area contributed by atoms with E-state index >= 15 is 0 Å². The number of carbonyl (C=O) groups excluding carboxylic acids is 1. The minimum absolute atomic E-state index is 0.125. The van der Waals surface area contributed by atoms with E-state index in [2.05, 4.69) is 11.4 Å². The van der Waals surface area contributed by atoms with Crippen LogP contribution >= 0.6 is 23.4 Å². The number of benzene rings is 2. The summed E-state index contributed by atoms with van der Waals surface area (Å²) in [4.78, 5) is 12.9. The highest BCUT2D eigenvalue weighted by Crippen LogP contribution is 2.36. The largest absolute Gasteiger partial charge is 0.306 e. The van der Waals surface area contributed by atoms with Gasteiger partial charge in [-0.15, -0.1) is 0 Å². The molecule has 2 heterocycles. The number of nitrogens with zero attached hydrogens (tertiary/aromatic N) is 2. The zero-order valence-corrected chi connectivity index (χ0v) is 16.1. The molecular weight excluding hydrogens is 366 g/mol. The second kappa shape index (κ2) is 6.82. The van der Waals surface area contributed by atoms with Crippen LogP contribution in [0.5, 0.6) is 0 Å². The lowest BCUT2D eigenvalue weighted by Crippen LogP contribution is -2.16. The molecule has 1 aromatic heterocycles. The number of rotatable bonds is 3. The molecule has 0 fully saturated rings. The van der Waals surface area contributed by atoms with Crippen molar-refractivity contribution >= 4 is 35.1 Å². The van der Waals surface area contributed by atoms with Crippen LogP contribution in [-0.2, 0) is 11.5 Å². The molecule has 0 saturated carbocycles. The Labute approximate surface area is 161 Å². The van der Waals surface area contributed by atoms with Gasteiger partial charge in [0, 0.05) is 27.7 Å². The highest BCUT2D eigenvalue weighted by Gasteiger charge is 2.25. The molecule has 4 nitrogen and oxygen atoms in total. The number of thioether (sulfide) groups is 1. The van der Waals surface area contributed by atoms with Crippen molar-refractivity contribution < 1.29 is 4.79 Å². The lowest BCUT2D eigenvalue weighted by Gasteiger charge is -2.12. The van der Waals surface area contributed by atoms with Crippen molar-refractivity contribution in [3.8, 4) is 5.69 Å². The standard InChI is InChI=1S/C20H18ClN3OS/c1-12-6-13(2)8-14(7-12)20(25)22-19-17-10-26-11-18(17)23-24(19)16-5-3-4-15(21)9-16/h3-9H,10-11H2,1-2H3,(H,22,25). The topological polar surface area (TPSA) is 46.9 Å². The Morgan fingerprint density at radius 2 is 1.92 bits per heavy atom. The van der Waals surface area contributed by atoms with Crippen LogP contribution in [0.25, 0.3) is 5.69 Å². The zero-order chi connectivity index (χ0) is 18.3. The van der Waals surface area contributed by atoms with Gasteiger partial charge in [-0.1, -0.05) is 34.9 Å². The Balaban J connectivity index is 1.75. The molecule has 26 heavy (non-hydrogen) atoms. The first-order chi connectivity index (χ1) is 12.5. The number of aryl methyl sites for hydroxylation is 2. The van der Waals surface area contributed by atoms with Gasteiger partial charge in [-0.05, 0) is 44.2 Å². The fraction of sp³-hybridized carbons (Fsp3) is 0.200. The molecule has 132 valence electrons. The molecular formula is C20H18ClN3OS. The number of nitrogens with one attached hydrogen (secondary N) is 1. The summed E-state index contributed by atoms with van der Waals surface area (Å²) in [5.41, 5.74) is 5.74. The van der Waals surface area contributed by atoms with Crippen LogP contribution in [0.2, 0.25) is 5.02 Å². The van der Waals surface area contributed by atoms with Gasteiger partial charge in [-0.3, -0.25) is 4.79 Å². The summed E-state index contributed by atoms with van der Waals surface area (Å²) in [5.74, 6) is 2.31. The van der Waals surface area contributed by atoms with E-state index in [0.29, 0.717) is 10.6 Å². The van der Waals surface area contributed by atoms with Gasteiger partial charge in [0.1, 0.15) is 5.82 Å². The number of fused-ring (bicyclic) bond motifs is 1. The molecule has 0 bridgehead atoms. The second-order valence-corrected chi connectivity index (χ2v) is 7.91. The lowest BCUT2D eigenvalue weighted by atomic mass is 10.1. The summed E-state index contributed by atoms with van der Waals surface area (Å²) in [5, 5.41) is 8.43. The number of carbonyl (C=O) groups is 1. The van der Waals surface area contributed by atoms with Gasteiger partial charge in [0.05, 0.1) is 11.4 Å². The van der Waals surface area contributed by atoms with Crippen molar-refractivity contribution in [1.82, 2.24) is 9.78 Å². The molecule has 4 rings (SSSR count). The normalized spacial score (nSPS) is 12.9. The van der Waals surface area contributed by atoms with E-state index in [1.165, 1.54) is 0 Å². The molecule has 0 atom stereocenters. The van der Waals surface area contributed by atoms with Crippen LogP contribution in [0, 0.1) is 13.8 Å². The summed E-state index contributed by atoms with van der Waals surface area (Å²) >= 11 is 7.95. The fourth-order valence-electron chi connectivity index (χ4n) is 3.22. The molecule has 0 spiro atoms. The second-order valence-electron chi connectivity index (χ2n) is 6.49. The van der Waals surface area contributed by atoms with Crippen LogP contribution in [0.4, 0.5) is 5.82 Å². The highest BCUT2D eigenvalue weighted by molar-refractivity contribution is 7.98. The van der Waals surface area contributed by atoms with Crippen LogP contribution in [0.1, 0.15) is 32.7 Å². The van der Waals surface area contributed by atoms with Crippen molar-refractivity contribution in [2.45, 2.75) is 25.4 Å². The fourth-order valence-corrected chi connectivity index (χ4v) is 4.44. The number of hydrogen-bond donors (Lipinski definition) is 1. The predicted molar refractivity (Wildman–Crippen MR) is 107 cm³/mol. The van der Waals surface area contributed by atoms with Gasteiger partial charge in [-0.2, -0.15) is 16.9 Å². The number of hydrogen-bond acceptors (Lipinski definition) is 3. The maximum absolute atomic E-state index is 12.9. The minimum Gasteiger partial charge on any atom is -0.306 e. The molecule has 1 aliphatic heterocycles. The van der Waals surface area contributed by atoms with Gasteiger partial charge >= 0.3 is 0 Å². The van der Waals surface area contributed by atoms with Crippen molar-refractivity contribution in [2.75, 3.05) is 5.32 Å². The third-order valence-corrected chi connectivity index (χ3v) is 5.53. The summed E-state index contributed by atoms with van der Waals surface area (Å²) in [6.45, 7) is 3.99. The van der Waals surface area contributed by atoms with Gasteiger partial charge in [0.15, 0.2) is 0 Å². The molecule has 1 aliphatic rings. The first-order valence-corrected chi connectivity index (χ1v) is 9.88. The minimum atomic E-state index is -0.125. The Morgan fingerprint density at radius 1 is 1.15 bits per heavy atom. The van der Waals surface area contributed by atoms with Crippen LogP contribution in [0.15, 0.2) is 42.5 Å². The van der Waals surface area contributed by atoms with E-state index in [1.807, 2.05) is 50.2 Å². The van der Waals surface area contributed by atoms with Crippen molar-refractivity contribution in [3.63, 3.8) is 0 Å². The van der Waals surface area contributed by atoms with E-state index < -0.39 is 0 Å². The van der Waals surface area contributed by atoms with E-state index in [-0.39, 0.29) is 5.91 Å². The maximum atomic E-state index is 12.9. The van der Waals surface area contributed by atoms with Crippen molar-refractivity contribution in [2.24, 2.45) is 0 Å². The number of aromatic nitrogens is 2. The Morgan fingerprint density at radius 3 is 2.65 bits per heavy atom. The molecule has 0 saturated heterocycles. The maximum Gasteiger partial charge on any atom is 0.256 e. The smallest absolute Gasteiger partial charge is 0.256 e. The SMILES string of the molecule is Cc1cc(C)cc(C(=O)Nc2c3c(nn2-c2cccc(Cl)c2)CSC3)c1. The number of amides is 1. The highest BCUT2D eigenvalue weighted by atomic mass is 35.5. The van der Waals surface area contributed by atoms with Crippen LogP contribution in [0.3, 0.4) is 0 Å². The Hall–Kier alpha value is -2.24. The third-order valence-electron chi connectivity index (χ3n) is 4.32. The van der Waals surface area contributed by atoms with Gasteiger partial charge in [0.2, 0.25) is 0 Å². The molecule has 1 N–H and O–H groups in total. The van der Waals surface area contributed by atoms with E-state index in [1.54, 1.807) is 16.4 Å². The molecule has 0 unspecified atom stereocenters. The molecule has 0 radical (unpaired) electrons. The predicted octanol–water partition coefficient (Wildman–Crippen LogP) is 5.14. The third kappa shape index (κ3) is 3.24. The zero-order valence-electron chi connectivity index (χ0n) is 14.5.